The van der Waals surface area contributed by atoms with E-state index in [2.05, 4.69) is 42.4 Å². The van der Waals surface area contributed by atoms with Crippen LogP contribution in [0, 0.1) is 5.92 Å². The third-order valence-electron chi connectivity index (χ3n) is 4.39. The minimum atomic E-state index is 0.0615. The third kappa shape index (κ3) is 4.58. The van der Waals surface area contributed by atoms with Crippen LogP contribution in [-0.2, 0) is 11.3 Å². The van der Waals surface area contributed by atoms with E-state index in [1.807, 2.05) is 0 Å². The molecule has 0 atom stereocenters. The fraction of sp³-hybridized carbons (Fsp3) is 0.562. The minimum Gasteiger partial charge on any atom is -0.349 e. The fourth-order valence-electron chi connectivity index (χ4n) is 2.86. The Morgan fingerprint density at radius 2 is 2.21 bits per heavy atom. The number of hydrogen-bond donors (Lipinski definition) is 2. The molecule has 24 heavy (non-hydrogen) atoms. The number of piperidine rings is 1. The highest BCUT2D eigenvalue weighted by molar-refractivity contribution is 5.75. The van der Waals surface area contributed by atoms with Gasteiger partial charge in [-0.25, -0.2) is 9.97 Å². The molecule has 0 aliphatic carbocycles. The second kappa shape index (κ2) is 7.96. The van der Waals surface area contributed by atoms with E-state index >= 15 is 0 Å². The van der Waals surface area contributed by atoms with Crippen molar-refractivity contribution in [1.82, 2.24) is 35.4 Å². The lowest BCUT2D eigenvalue weighted by molar-refractivity contribution is -0.121. The highest BCUT2D eigenvalue weighted by Gasteiger charge is 2.17. The maximum atomic E-state index is 12.0. The number of hydrogen-bond acceptors (Lipinski definition) is 6. The summed E-state index contributed by atoms with van der Waals surface area (Å²) in [5.74, 6) is 1.83. The topological polar surface area (TPSA) is 99.7 Å². The highest BCUT2D eigenvalue weighted by atomic mass is 16.1. The van der Waals surface area contributed by atoms with Crippen molar-refractivity contribution in [3.63, 3.8) is 0 Å². The van der Waals surface area contributed by atoms with Crippen molar-refractivity contribution in [3.05, 3.63) is 24.4 Å². The number of carbonyl (C=O) groups excluding carboxylic acids is 1. The summed E-state index contributed by atoms with van der Waals surface area (Å²) in [5, 5.41) is 9.81. The number of aromatic nitrogens is 5. The van der Waals surface area contributed by atoms with E-state index < -0.39 is 0 Å². The smallest absolute Gasteiger partial charge is 0.220 e. The number of nitrogens with one attached hydrogen (secondary N) is 2. The van der Waals surface area contributed by atoms with E-state index in [9.17, 15) is 4.79 Å². The highest BCUT2D eigenvalue weighted by Crippen LogP contribution is 2.20. The van der Waals surface area contributed by atoms with Crippen LogP contribution >= 0.6 is 0 Å². The van der Waals surface area contributed by atoms with E-state index in [4.69, 9.17) is 0 Å². The summed E-state index contributed by atoms with van der Waals surface area (Å²) < 4.78 is 0. The molecular formula is C16H23N7O. The maximum Gasteiger partial charge on any atom is 0.220 e. The lowest BCUT2D eigenvalue weighted by Crippen LogP contribution is -2.31. The van der Waals surface area contributed by atoms with Gasteiger partial charge in [0.25, 0.3) is 0 Å². The zero-order valence-electron chi connectivity index (χ0n) is 13.9. The Balaban J connectivity index is 1.41. The lowest BCUT2D eigenvalue weighted by Gasteiger charge is -2.28. The number of rotatable bonds is 6. The first-order valence-electron chi connectivity index (χ1n) is 8.33. The molecule has 8 heteroatoms. The molecule has 8 nitrogen and oxygen atoms in total. The number of H-pyrrole nitrogens is 1. The quantitative estimate of drug-likeness (QED) is 0.820. The van der Waals surface area contributed by atoms with Crippen LogP contribution in [0.4, 0.5) is 0 Å². The average Bonchev–Trinajstić information content (AvgIpc) is 3.09. The SMILES string of the molecule is CN1CCC(CCC(=O)NCc2nc(-c3cnccn3)n[nH]2)CC1. The van der Waals surface area contributed by atoms with Crippen molar-refractivity contribution in [3.8, 4) is 11.5 Å². The minimum absolute atomic E-state index is 0.0615. The first-order valence-corrected chi connectivity index (χ1v) is 8.33. The van der Waals surface area contributed by atoms with Gasteiger partial charge in [-0.15, -0.1) is 0 Å². The molecule has 0 spiro atoms. The standard InChI is InChI=1S/C16H23N7O/c1-23-8-4-12(5-9-23)2-3-15(24)19-11-14-20-16(22-21-14)13-10-17-6-7-18-13/h6-7,10,12H,2-5,8-9,11H2,1H3,(H,19,24)(H,20,21,22). The molecule has 0 unspecified atom stereocenters. The van der Waals surface area contributed by atoms with Crippen LogP contribution in [0.3, 0.4) is 0 Å². The Morgan fingerprint density at radius 1 is 1.38 bits per heavy atom. The van der Waals surface area contributed by atoms with Gasteiger partial charge in [-0.1, -0.05) is 0 Å². The van der Waals surface area contributed by atoms with Gasteiger partial charge in [0.2, 0.25) is 11.7 Å². The summed E-state index contributed by atoms with van der Waals surface area (Å²) in [5.41, 5.74) is 0.605. The normalized spacial score (nSPS) is 16.2. The molecule has 0 saturated carbocycles. The number of carbonyl (C=O) groups is 1. The Hall–Kier alpha value is -2.35. The maximum absolute atomic E-state index is 12.0. The van der Waals surface area contributed by atoms with E-state index in [0.29, 0.717) is 36.2 Å². The van der Waals surface area contributed by atoms with Crippen LogP contribution in [-0.4, -0.2) is 56.1 Å². The van der Waals surface area contributed by atoms with E-state index in [1.165, 1.54) is 12.8 Å². The summed E-state index contributed by atoms with van der Waals surface area (Å²) in [6.45, 7) is 2.62. The second-order valence-electron chi connectivity index (χ2n) is 6.26. The van der Waals surface area contributed by atoms with Gasteiger partial charge >= 0.3 is 0 Å². The summed E-state index contributed by atoms with van der Waals surface area (Å²) in [6.07, 6.45) is 8.70. The summed E-state index contributed by atoms with van der Waals surface area (Å²) in [6, 6.07) is 0. The zero-order valence-corrected chi connectivity index (χ0v) is 13.9. The van der Waals surface area contributed by atoms with Crippen LogP contribution in [0.25, 0.3) is 11.5 Å². The Labute approximate surface area is 141 Å². The summed E-state index contributed by atoms with van der Waals surface area (Å²) in [7, 11) is 2.15. The monoisotopic (exact) mass is 329 g/mol. The van der Waals surface area contributed by atoms with Gasteiger partial charge in [0.15, 0.2) is 0 Å². The van der Waals surface area contributed by atoms with Crippen LogP contribution in [0.5, 0.6) is 0 Å². The molecular weight excluding hydrogens is 306 g/mol. The van der Waals surface area contributed by atoms with Gasteiger partial charge in [0.05, 0.1) is 12.7 Å². The van der Waals surface area contributed by atoms with Gasteiger partial charge in [0.1, 0.15) is 11.5 Å². The van der Waals surface area contributed by atoms with E-state index in [-0.39, 0.29) is 5.91 Å². The van der Waals surface area contributed by atoms with Crippen molar-refractivity contribution in [2.75, 3.05) is 20.1 Å². The van der Waals surface area contributed by atoms with Gasteiger partial charge in [-0.05, 0) is 45.3 Å². The second-order valence-corrected chi connectivity index (χ2v) is 6.26. The predicted molar refractivity (Wildman–Crippen MR) is 88.7 cm³/mol. The molecule has 1 aliphatic heterocycles. The predicted octanol–water partition coefficient (Wildman–Crippen LogP) is 1.000. The molecule has 1 aliphatic rings. The van der Waals surface area contributed by atoms with Crippen LogP contribution in [0.1, 0.15) is 31.5 Å². The fourth-order valence-corrected chi connectivity index (χ4v) is 2.86. The Bertz CT molecular complexity index is 649. The van der Waals surface area contributed by atoms with E-state index in [0.717, 1.165) is 19.5 Å². The van der Waals surface area contributed by atoms with Crippen molar-refractivity contribution in [1.29, 1.82) is 0 Å². The molecule has 0 bridgehead atoms. The van der Waals surface area contributed by atoms with Crippen molar-refractivity contribution in [2.45, 2.75) is 32.2 Å². The molecule has 3 rings (SSSR count). The first-order chi connectivity index (χ1) is 11.7. The van der Waals surface area contributed by atoms with Crippen LogP contribution in [0.15, 0.2) is 18.6 Å². The molecule has 0 aromatic carbocycles. The van der Waals surface area contributed by atoms with Gasteiger partial charge in [-0.3, -0.25) is 14.9 Å². The van der Waals surface area contributed by atoms with Gasteiger partial charge in [0, 0.05) is 18.8 Å². The first kappa shape index (κ1) is 16.5. The lowest BCUT2D eigenvalue weighted by atomic mass is 9.92. The Kier molecular flexibility index (Phi) is 5.47. The molecule has 128 valence electrons. The molecule has 1 fully saturated rings. The third-order valence-corrected chi connectivity index (χ3v) is 4.39. The molecule has 1 saturated heterocycles. The molecule has 2 N–H and O–H groups in total. The van der Waals surface area contributed by atoms with Crippen molar-refractivity contribution >= 4 is 5.91 Å². The molecule has 2 aromatic rings. The molecule has 1 amide bonds. The Morgan fingerprint density at radius 3 is 2.96 bits per heavy atom. The number of likely N-dealkylation sites (tertiary alicyclic amines) is 1. The zero-order chi connectivity index (χ0) is 16.8. The molecule has 3 heterocycles. The molecule has 2 aromatic heterocycles. The largest absolute Gasteiger partial charge is 0.349 e. The number of aromatic amines is 1. The summed E-state index contributed by atoms with van der Waals surface area (Å²) >= 11 is 0. The average molecular weight is 329 g/mol. The van der Waals surface area contributed by atoms with Gasteiger partial charge in [-0.2, -0.15) is 5.10 Å². The van der Waals surface area contributed by atoms with Gasteiger partial charge < -0.3 is 10.2 Å². The van der Waals surface area contributed by atoms with Crippen molar-refractivity contribution in [2.24, 2.45) is 5.92 Å². The summed E-state index contributed by atoms with van der Waals surface area (Å²) in [4.78, 5) is 26.8. The number of nitrogens with zero attached hydrogens (tertiary/aromatic N) is 5. The van der Waals surface area contributed by atoms with E-state index in [1.54, 1.807) is 18.6 Å². The number of amides is 1. The van der Waals surface area contributed by atoms with Crippen LogP contribution in [0.2, 0.25) is 0 Å². The molecule has 0 radical (unpaired) electrons. The van der Waals surface area contributed by atoms with Crippen molar-refractivity contribution < 1.29 is 4.79 Å². The van der Waals surface area contributed by atoms with Crippen LogP contribution < -0.4 is 5.32 Å².